The maximum atomic E-state index is 6.35. The fraction of sp³-hybridized carbons (Fsp3) is 0. The zero-order chi connectivity index (χ0) is 25.8. The number of hydrogen-bond donors (Lipinski definition) is 0. The Labute approximate surface area is 228 Å². The fourth-order valence-electron chi connectivity index (χ4n) is 5.40. The third-order valence-corrected chi connectivity index (χ3v) is 8.26. The summed E-state index contributed by atoms with van der Waals surface area (Å²) >= 11 is 1.83. The lowest BCUT2D eigenvalue weighted by Crippen LogP contribution is -1.96. The van der Waals surface area contributed by atoms with Crippen molar-refractivity contribution in [3.63, 3.8) is 0 Å². The summed E-state index contributed by atoms with van der Waals surface area (Å²) in [7, 11) is 0. The van der Waals surface area contributed by atoms with E-state index in [0.29, 0.717) is 0 Å². The van der Waals surface area contributed by atoms with Crippen LogP contribution in [0.3, 0.4) is 0 Å². The van der Waals surface area contributed by atoms with Gasteiger partial charge in [-0.3, -0.25) is 9.55 Å². The van der Waals surface area contributed by atoms with Crippen molar-refractivity contribution >= 4 is 53.4 Å². The van der Waals surface area contributed by atoms with Gasteiger partial charge in [-0.05, 0) is 66.7 Å². The Bertz CT molecular complexity index is 2160. The fourth-order valence-corrected chi connectivity index (χ4v) is 6.52. The molecule has 39 heavy (non-hydrogen) atoms. The summed E-state index contributed by atoms with van der Waals surface area (Å²) in [5.41, 5.74) is 5.01. The second kappa shape index (κ2) is 8.79. The van der Waals surface area contributed by atoms with E-state index < -0.39 is 0 Å². The van der Waals surface area contributed by atoms with Crippen molar-refractivity contribution in [1.29, 1.82) is 0 Å². The molecule has 0 aliphatic heterocycles. The van der Waals surface area contributed by atoms with Gasteiger partial charge in [-0.1, -0.05) is 42.5 Å². The first-order valence-corrected chi connectivity index (χ1v) is 13.6. The summed E-state index contributed by atoms with van der Waals surface area (Å²) < 4.78 is 11.2. The zero-order valence-corrected chi connectivity index (χ0v) is 21.6. The largest absolute Gasteiger partial charge is 0.457 e. The quantitative estimate of drug-likeness (QED) is 0.232. The van der Waals surface area contributed by atoms with Gasteiger partial charge in [0.25, 0.3) is 0 Å². The molecule has 8 aromatic rings. The van der Waals surface area contributed by atoms with Crippen LogP contribution in [0.15, 0.2) is 128 Å². The van der Waals surface area contributed by atoms with Gasteiger partial charge in [0.05, 0.1) is 16.9 Å². The number of pyridine rings is 2. The first-order chi connectivity index (χ1) is 19.3. The molecule has 0 spiro atoms. The van der Waals surface area contributed by atoms with E-state index in [0.717, 1.165) is 45.0 Å². The number of fused-ring (bicyclic) bond motifs is 6. The molecule has 184 valence electrons. The lowest BCUT2D eigenvalue weighted by atomic mass is 10.1. The average molecular weight is 520 g/mol. The Hall–Kier alpha value is -5.00. The standard InChI is InChI=1S/C34H21N3OS/c1-2-15-32-26(12-1)29-20-28-27-13-7-17-36-34(27)37(31(28)21-33(29)39-32)23-9-6-11-25(19-23)38-24-10-5-8-22(18-24)30-14-3-4-16-35-30/h1-21H. The summed E-state index contributed by atoms with van der Waals surface area (Å²) in [6.07, 6.45) is 3.66. The predicted molar refractivity (Wildman–Crippen MR) is 161 cm³/mol. The van der Waals surface area contributed by atoms with Gasteiger partial charge >= 0.3 is 0 Å². The summed E-state index contributed by atoms with van der Waals surface area (Å²) in [4.78, 5) is 9.28. The number of hydrogen-bond acceptors (Lipinski definition) is 4. The lowest BCUT2D eigenvalue weighted by molar-refractivity contribution is 0.482. The molecular formula is C34H21N3OS. The molecule has 4 heterocycles. The minimum Gasteiger partial charge on any atom is -0.457 e. The molecule has 0 unspecified atom stereocenters. The van der Waals surface area contributed by atoms with Gasteiger partial charge in [0.1, 0.15) is 17.1 Å². The van der Waals surface area contributed by atoms with Crippen molar-refractivity contribution in [3.8, 4) is 28.4 Å². The van der Waals surface area contributed by atoms with E-state index in [1.54, 1.807) is 6.20 Å². The van der Waals surface area contributed by atoms with Crippen LogP contribution in [-0.4, -0.2) is 14.5 Å². The van der Waals surface area contributed by atoms with Crippen molar-refractivity contribution in [2.75, 3.05) is 0 Å². The summed E-state index contributed by atoms with van der Waals surface area (Å²) in [5, 5.41) is 4.92. The average Bonchev–Trinajstić information content (AvgIpc) is 3.51. The van der Waals surface area contributed by atoms with Gasteiger partial charge < -0.3 is 4.74 Å². The monoisotopic (exact) mass is 519 g/mol. The van der Waals surface area contributed by atoms with Crippen molar-refractivity contribution in [1.82, 2.24) is 14.5 Å². The lowest BCUT2D eigenvalue weighted by Gasteiger charge is -2.11. The number of thiophene rings is 1. The molecular weight excluding hydrogens is 498 g/mol. The Morgan fingerprint density at radius 2 is 1.38 bits per heavy atom. The molecule has 0 N–H and O–H groups in total. The minimum atomic E-state index is 0.763. The normalized spacial score (nSPS) is 11.6. The first-order valence-electron chi connectivity index (χ1n) is 12.8. The van der Waals surface area contributed by atoms with Gasteiger partial charge in [0, 0.05) is 55.0 Å². The van der Waals surface area contributed by atoms with Crippen LogP contribution in [0.5, 0.6) is 11.5 Å². The maximum Gasteiger partial charge on any atom is 0.145 e. The molecule has 0 aliphatic rings. The molecule has 0 atom stereocenters. The van der Waals surface area contributed by atoms with Crippen LogP contribution in [0.4, 0.5) is 0 Å². The molecule has 0 aliphatic carbocycles. The van der Waals surface area contributed by atoms with E-state index in [-0.39, 0.29) is 0 Å². The second-order valence-corrected chi connectivity index (χ2v) is 10.6. The van der Waals surface area contributed by atoms with Crippen LogP contribution in [0.2, 0.25) is 0 Å². The molecule has 0 radical (unpaired) electrons. The zero-order valence-electron chi connectivity index (χ0n) is 20.8. The SMILES string of the molecule is c1ccc(-c2cccc(Oc3cccc(-n4c5cc6sc7ccccc7c6cc5c5cccnc54)c3)c2)nc1. The van der Waals surface area contributed by atoms with Crippen LogP contribution >= 0.6 is 11.3 Å². The molecule has 4 nitrogen and oxygen atoms in total. The highest BCUT2D eigenvalue weighted by molar-refractivity contribution is 7.25. The highest BCUT2D eigenvalue weighted by Crippen LogP contribution is 2.40. The van der Waals surface area contributed by atoms with Gasteiger partial charge in [-0.15, -0.1) is 11.3 Å². The van der Waals surface area contributed by atoms with Crippen LogP contribution in [0.25, 0.3) is 59.1 Å². The summed E-state index contributed by atoms with van der Waals surface area (Å²) in [5.74, 6) is 1.53. The van der Waals surface area contributed by atoms with E-state index >= 15 is 0 Å². The van der Waals surface area contributed by atoms with Crippen LogP contribution in [-0.2, 0) is 0 Å². The third kappa shape index (κ3) is 3.67. The smallest absolute Gasteiger partial charge is 0.145 e. The Morgan fingerprint density at radius 1 is 0.564 bits per heavy atom. The molecule has 4 aromatic carbocycles. The Kier molecular flexibility index (Phi) is 4.96. The van der Waals surface area contributed by atoms with Crippen molar-refractivity contribution < 1.29 is 4.74 Å². The predicted octanol–water partition coefficient (Wildman–Crippen LogP) is 9.40. The molecule has 0 saturated heterocycles. The molecule has 8 rings (SSSR count). The van der Waals surface area contributed by atoms with Gasteiger partial charge in [-0.2, -0.15) is 0 Å². The minimum absolute atomic E-state index is 0.763. The number of benzene rings is 4. The van der Waals surface area contributed by atoms with Gasteiger partial charge in [0.2, 0.25) is 0 Å². The highest BCUT2D eigenvalue weighted by atomic mass is 32.1. The third-order valence-electron chi connectivity index (χ3n) is 7.13. The number of ether oxygens (including phenoxy) is 1. The molecule has 4 aromatic heterocycles. The van der Waals surface area contributed by atoms with Crippen molar-refractivity contribution in [2.24, 2.45) is 0 Å². The number of aromatic nitrogens is 3. The van der Waals surface area contributed by atoms with Crippen LogP contribution < -0.4 is 4.74 Å². The van der Waals surface area contributed by atoms with Crippen LogP contribution in [0, 0.1) is 0 Å². The highest BCUT2D eigenvalue weighted by Gasteiger charge is 2.16. The maximum absolute atomic E-state index is 6.35. The van der Waals surface area contributed by atoms with E-state index in [4.69, 9.17) is 9.72 Å². The first kappa shape index (κ1) is 22.0. The Balaban J connectivity index is 1.27. The summed E-state index contributed by atoms with van der Waals surface area (Å²) in [6, 6.07) is 39.6. The van der Waals surface area contributed by atoms with E-state index in [9.17, 15) is 0 Å². The van der Waals surface area contributed by atoms with E-state index in [1.165, 1.54) is 25.6 Å². The molecule has 5 heteroatoms. The molecule has 0 bridgehead atoms. The van der Waals surface area contributed by atoms with Crippen molar-refractivity contribution in [3.05, 3.63) is 128 Å². The number of nitrogens with zero attached hydrogens (tertiary/aromatic N) is 3. The summed E-state index contributed by atoms with van der Waals surface area (Å²) in [6.45, 7) is 0. The molecule has 0 amide bonds. The van der Waals surface area contributed by atoms with Gasteiger partial charge in [0.15, 0.2) is 0 Å². The van der Waals surface area contributed by atoms with E-state index in [1.807, 2.05) is 78.2 Å². The van der Waals surface area contributed by atoms with Gasteiger partial charge in [-0.25, -0.2) is 4.98 Å². The van der Waals surface area contributed by atoms with E-state index in [2.05, 4.69) is 64.1 Å². The topological polar surface area (TPSA) is 39.9 Å². The van der Waals surface area contributed by atoms with Crippen molar-refractivity contribution in [2.45, 2.75) is 0 Å². The Morgan fingerprint density at radius 3 is 2.31 bits per heavy atom. The molecule has 0 saturated carbocycles. The molecule has 0 fully saturated rings. The second-order valence-electron chi connectivity index (χ2n) is 9.52. The van der Waals surface area contributed by atoms with Crippen LogP contribution in [0.1, 0.15) is 0 Å². The number of rotatable bonds is 4.